The molecule has 0 unspecified atom stereocenters. The fraction of sp³-hybridized carbons (Fsp3) is 0.167. The molecule has 0 saturated heterocycles. The molecule has 1 aromatic rings. The Balaban J connectivity index is 2.99. The van der Waals surface area contributed by atoms with Crippen LogP contribution in [0.2, 0.25) is 0 Å². The van der Waals surface area contributed by atoms with E-state index in [2.05, 4.69) is 17.9 Å². The highest BCUT2D eigenvalue weighted by Crippen LogP contribution is 2.08. The van der Waals surface area contributed by atoms with Crippen LogP contribution >= 0.6 is 0 Å². The van der Waals surface area contributed by atoms with E-state index < -0.39 is 0 Å². The van der Waals surface area contributed by atoms with Gasteiger partial charge in [-0.05, 0) is 30.7 Å². The van der Waals surface area contributed by atoms with E-state index in [1.165, 1.54) is 0 Å². The van der Waals surface area contributed by atoms with Gasteiger partial charge in [0.25, 0.3) is 0 Å². The Labute approximate surface area is 83.4 Å². The number of hydrogen-bond donors (Lipinski definition) is 0. The van der Waals surface area contributed by atoms with Gasteiger partial charge in [0.05, 0.1) is 24.1 Å². The van der Waals surface area contributed by atoms with Gasteiger partial charge in [-0.2, -0.15) is 10.5 Å². The molecule has 2 heteroatoms. The van der Waals surface area contributed by atoms with E-state index in [1.807, 2.05) is 13.0 Å². The Morgan fingerprint density at radius 2 is 2.07 bits per heavy atom. The van der Waals surface area contributed by atoms with Gasteiger partial charge in [-0.15, -0.1) is 0 Å². The molecule has 0 heterocycles. The highest BCUT2D eigenvalue weighted by molar-refractivity contribution is 5.45. The fourth-order valence-corrected chi connectivity index (χ4v) is 1.05. The summed E-state index contributed by atoms with van der Waals surface area (Å²) in [5.41, 5.74) is 2.47. The summed E-state index contributed by atoms with van der Waals surface area (Å²) in [7, 11) is 0. The lowest BCUT2D eigenvalue weighted by molar-refractivity contribution is 1.38. The highest BCUT2D eigenvalue weighted by Gasteiger charge is 1.95. The summed E-state index contributed by atoms with van der Waals surface area (Å²) in [5, 5.41) is 16.9. The van der Waals surface area contributed by atoms with Crippen LogP contribution in [0, 0.1) is 41.4 Å². The zero-order valence-corrected chi connectivity index (χ0v) is 7.83. The third kappa shape index (κ3) is 2.37. The molecule has 0 aliphatic heterocycles. The molecule has 0 aliphatic carbocycles. The van der Waals surface area contributed by atoms with Gasteiger partial charge < -0.3 is 0 Å². The van der Waals surface area contributed by atoms with Crippen molar-refractivity contribution in [3.05, 3.63) is 34.9 Å². The topological polar surface area (TPSA) is 47.6 Å². The predicted octanol–water partition coefficient (Wildman–Crippen LogP) is 2.13. The summed E-state index contributed by atoms with van der Waals surface area (Å²) in [5.74, 6) is 5.62. The maximum absolute atomic E-state index is 8.64. The zero-order chi connectivity index (χ0) is 10.4. The van der Waals surface area contributed by atoms with Gasteiger partial charge in [-0.1, -0.05) is 11.8 Å². The van der Waals surface area contributed by atoms with Crippen molar-refractivity contribution in [2.75, 3.05) is 0 Å². The quantitative estimate of drug-likeness (QED) is 0.574. The Morgan fingerprint density at radius 1 is 1.29 bits per heavy atom. The maximum atomic E-state index is 8.64. The minimum atomic E-state index is 0.236. The molecule has 0 fully saturated rings. The molecule has 1 rings (SSSR count). The normalized spacial score (nSPS) is 7.93. The number of aryl methyl sites for hydroxylation is 1. The van der Waals surface area contributed by atoms with E-state index >= 15 is 0 Å². The van der Waals surface area contributed by atoms with E-state index in [1.54, 1.807) is 18.2 Å². The van der Waals surface area contributed by atoms with Gasteiger partial charge >= 0.3 is 0 Å². The number of hydrogen-bond acceptors (Lipinski definition) is 2. The SMILES string of the molecule is Cc1cc(C#N)ccc1C#CCC#N. The summed E-state index contributed by atoms with van der Waals surface area (Å²) in [6.45, 7) is 1.90. The first-order chi connectivity index (χ1) is 6.77. The molecule has 1 aromatic carbocycles. The molecule has 0 radical (unpaired) electrons. The minimum absolute atomic E-state index is 0.236. The predicted molar refractivity (Wildman–Crippen MR) is 53.0 cm³/mol. The van der Waals surface area contributed by atoms with Crippen molar-refractivity contribution in [2.45, 2.75) is 13.3 Å². The molecule has 14 heavy (non-hydrogen) atoms. The van der Waals surface area contributed by atoms with E-state index in [0.29, 0.717) is 5.56 Å². The Hall–Kier alpha value is -2.24. The number of rotatable bonds is 0. The summed E-state index contributed by atoms with van der Waals surface area (Å²) < 4.78 is 0. The number of nitriles is 2. The maximum Gasteiger partial charge on any atom is 0.0991 e. The van der Waals surface area contributed by atoms with Crippen molar-refractivity contribution in [1.29, 1.82) is 10.5 Å². The molecule has 0 atom stereocenters. The molecule has 66 valence electrons. The summed E-state index contributed by atoms with van der Waals surface area (Å²) >= 11 is 0. The molecule has 0 spiro atoms. The van der Waals surface area contributed by atoms with Crippen molar-refractivity contribution in [3.8, 4) is 24.0 Å². The van der Waals surface area contributed by atoms with E-state index in [0.717, 1.165) is 11.1 Å². The molecule has 0 N–H and O–H groups in total. The molecule has 0 amide bonds. The fourth-order valence-electron chi connectivity index (χ4n) is 1.05. The summed E-state index contributed by atoms with van der Waals surface area (Å²) in [4.78, 5) is 0. The Kier molecular flexibility index (Phi) is 3.31. The van der Waals surface area contributed by atoms with Crippen molar-refractivity contribution in [3.63, 3.8) is 0 Å². The van der Waals surface area contributed by atoms with E-state index in [9.17, 15) is 0 Å². The van der Waals surface area contributed by atoms with E-state index in [4.69, 9.17) is 10.5 Å². The molecule has 0 aliphatic rings. The van der Waals surface area contributed by atoms with Gasteiger partial charge in [0, 0.05) is 5.56 Å². The van der Waals surface area contributed by atoms with Crippen LogP contribution in [0.25, 0.3) is 0 Å². The first kappa shape index (κ1) is 9.85. The average Bonchev–Trinajstić information content (AvgIpc) is 2.20. The van der Waals surface area contributed by atoms with Crippen molar-refractivity contribution < 1.29 is 0 Å². The van der Waals surface area contributed by atoms with Crippen LogP contribution in [-0.2, 0) is 0 Å². The third-order valence-electron chi connectivity index (χ3n) is 1.75. The molecular formula is C12H8N2. The third-order valence-corrected chi connectivity index (χ3v) is 1.75. The summed E-state index contributed by atoms with van der Waals surface area (Å²) in [6, 6.07) is 9.33. The second-order valence-electron chi connectivity index (χ2n) is 2.78. The summed E-state index contributed by atoms with van der Waals surface area (Å²) in [6.07, 6.45) is 0.236. The van der Waals surface area contributed by atoms with Gasteiger partial charge in [0.15, 0.2) is 0 Å². The zero-order valence-electron chi connectivity index (χ0n) is 7.83. The number of nitrogens with zero attached hydrogens (tertiary/aromatic N) is 2. The smallest absolute Gasteiger partial charge is 0.0991 e. The second kappa shape index (κ2) is 4.70. The lowest BCUT2D eigenvalue weighted by atomic mass is 10.1. The standard InChI is InChI=1S/C12H8N2/c1-10-8-11(9-14)5-6-12(10)4-2-3-7-13/h5-6,8H,3H2,1H3. The largest absolute Gasteiger partial charge is 0.197 e. The monoisotopic (exact) mass is 180 g/mol. The number of benzene rings is 1. The first-order valence-electron chi connectivity index (χ1n) is 4.14. The van der Waals surface area contributed by atoms with Gasteiger partial charge in [0.1, 0.15) is 0 Å². The molecule has 0 bridgehead atoms. The molecule has 2 nitrogen and oxygen atoms in total. The lowest BCUT2D eigenvalue weighted by Gasteiger charge is -1.96. The molecular weight excluding hydrogens is 172 g/mol. The van der Waals surface area contributed by atoms with Crippen LogP contribution in [0.3, 0.4) is 0 Å². The lowest BCUT2D eigenvalue weighted by Crippen LogP contribution is -1.83. The Bertz CT molecular complexity index is 476. The van der Waals surface area contributed by atoms with Crippen LogP contribution < -0.4 is 0 Å². The van der Waals surface area contributed by atoms with Crippen molar-refractivity contribution >= 4 is 0 Å². The molecule has 0 aromatic heterocycles. The van der Waals surface area contributed by atoms with Gasteiger partial charge in [0.2, 0.25) is 0 Å². The second-order valence-corrected chi connectivity index (χ2v) is 2.78. The van der Waals surface area contributed by atoms with Gasteiger partial charge in [-0.25, -0.2) is 0 Å². The first-order valence-corrected chi connectivity index (χ1v) is 4.14. The minimum Gasteiger partial charge on any atom is -0.197 e. The van der Waals surface area contributed by atoms with Crippen molar-refractivity contribution in [1.82, 2.24) is 0 Å². The van der Waals surface area contributed by atoms with Gasteiger partial charge in [-0.3, -0.25) is 0 Å². The van der Waals surface area contributed by atoms with Crippen LogP contribution in [-0.4, -0.2) is 0 Å². The highest BCUT2D eigenvalue weighted by atomic mass is 14.2. The Morgan fingerprint density at radius 3 is 2.64 bits per heavy atom. The molecule has 0 saturated carbocycles. The average molecular weight is 180 g/mol. The van der Waals surface area contributed by atoms with E-state index in [-0.39, 0.29) is 6.42 Å². The van der Waals surface area contributed by atoms with Crippen LogP contribution in [0.15, 0.2) is 18.2 Å². The van der Waals surface area contributed by atoms with Crippen LogP contribution in [0.1, 0.15) is 23.1 Å². The van der Waals surface area contributed by atoms with Crippen molar-refractivity contribution in [2.24, 2.45) is 0 Å². The van der Waals surface area contributed by atoms with Crippen LogP contribution in [0.4, 0.5) is 0 Å². The van der Waals surface area contributed by atoms with Crippen LogP contribution in [0.5, 0.6) is 0 Å².